The highest BCUT2D eigenvalue weighted by Crippen LogP contribution is 2.20. The highest BCUT2D eigenvalue weighted by molar-refractivity contribution is 7.92. The Morgan fingerprint density at radius 1 is 1.40 bits per heavy atom. The first-order chi connectivity index (χ1) is 6.92. The van der Waals surface area contributed by atoms with Gasteiger partial charge in [0, 0.05) is 10.4 Å². The average molecular weight is 246 g/mol. The minimum absolute atomic E-state index is 0.595. The zero-order valence-electron chi connectivity index (χ0n) is 8.27. The summed E-state index contributed by atoms with van der Waals surface area (Å²) in [6, 6.07) is 6.96. The lowest BCUT2D eigenvalue weighted by molar-refractivity contribution is 0.606. The molecule has 2 N–H and O–H groups in total. The molecule has 0 bridgehead atoms. The fraction of sp³-hybridized carbons (Fsp3) is 0.200. The van der Waals surface area contributed by atoms with E-state index in [0.717, 1.165) is 11.0 Å². The number of benzene rings is 1. The topological polar surface area (TPSA) is 60.2 Å². The van der Waals surface area contributed by atoms with Crippen LogP contribution in [-0.2, 0) is 10.0 Å². The van der Waals surface area contributed by atoms with Gasteiger partial charge >= 0.3 is 0 Å². The lowest BCUT2D eigenvalue weighted by Gasteiger charge is -2.04. The van der Waals surface area contributed by atoms with Crippen molar-refractivity contribution < 1.29 is 8.42 Å². The number of sulfonamides is 1. The monoisotopic (exact) mass is 245 g/mol. The van der Waals surface area contributed by atoms with Crippen LogP contribution in [0.1, 0.15) is 18.9 Å². The summed E-state index contributed by atoms with van der Waals surface area (Å²) >= 11 is 5.73. The molecular weight excluding hydrogens is 234 g/mol. The summed E-state index contributed by atoms with van der Waals surface area (Å²) in [4.78, 5) is 0. The first kappa shape index (κ1) is 12.2. The summed E-state index contributed by atoms with van der Waals surface area (Å²) < 4.78 is 21.8. The van der Waals surface area contributed by atoms with Crippen LogP contribution in [0.25, 0.3) is 5.57 Å². The molecule has 0 unspecified atom stereocenters. The number of rotatable bonds is 3. The van der Waals surface area contributed by atoms with Gasteiger partial charge in [-0.15, -0.1) is 0 Å². The third-order valence-electron chi connectivity index (χ3n) is 1.90. The summed E-state index contributed by atoms with van der Waals surface area (Å²) in [5.41, 5.74) is 1.49. The summed E-state index contributed by atoms with van der Waals surface area (Å²) in [5, 5.41) is 6.64. The lowest BCUT2D eigenvalue weighted by Crippen LogP contribution is -2.08. The van der Waals surface area contributed by atoms with E-state index in [9.17, 15) is 8.42 Å². The molecule has 1 rings (SSSR count). The molecule has 1 aromatic rings. The van der Waals surface area contributed by atoms with Gasteiger partial charge in [-0.3, -0.25) is 0 Å². The Kier molecular flexibility index (Phi) is 3.90. The Labute approximate surface area is 94.6 Å². The molecule has 3 nitrogen and oxygen atoms in total. The van der Waals surface area contributed by atoms with Gasteiger partial charge in [-0.25, -0.2) is 13.6 Å². The van der Waals surface area contributed by atoms with Crippen LogP contribution in [0.3, 0.4) is 0 Å². The van der Waals surface area contributed by atoms with Crippen molar-refractivity contribution in [3.05, 3.63) is 40.3 Å². The SMILES string of the molecule is CC/C(=C/S(N)(=O)=O)c1ccc(Cl)cc1. The Hall–Kier alpha value is -0.840. The van der Waals surface area contributed by atoms with Crippen LogP contribution in [-0.4, -0.2) is 8.42 Å². The van der Waals surface area contributed by atoms with Crippen LogP contribution in [0.4, 0.5) is 0 Å². The van der Waals surface area contributed by atoms with Crippen molar-refractivity contribution in [1.29, 1.82) is 0 Å². The molecule has 0 radical (unpaired) electrons. The van der Waals surface area contributed by atoms with Crippen molar-refractivity contribution in [2.24, 2.45) is 5.14 Å². The van der Waals surface area contributed by atoms with E-state index in [1.165, 1.54) is 0 Å². The molecule has 0 saturated carbocycles. The van der Waals surface area contributed by atoms with Gasteiger partial charge in [-0.2, -0.15) is 0 Å². The van der Waals surface area contributed by atoms with E-state index < -0.39 is 10.0 Å². The maximum absolute atomic E-state index is 10.9. The van der Waals surface area contributed by atoms with E-state index in [-0.39, 0.29) is 0 Å². The van der Waals surface area contributed by atoms with E-state index >= 15 is 0 Å². The molecule has 0 saturated heterocycles. The molecule has 82 valence electrons. The van der Waals surface area contributed by atoms with Crippen molar-refractivity contribution >= 4 is 27.2 Å². The predicted octanol–water partition coefficient (Wildman–Crippen LogP) is 2.38. The number of hydrogen-bond acceptors (Lipinski definition) is 2. The Balaban J connectivity index is 3.14. The fourth-order valence-electron chi connectivity index (χ4n) is 1.22. The second-order valence-corrected chi connectivity index (χ2v) is 4.94. The summed E-state index contributed by atoms with van der Waals surface area (Å²) in [7, 11) is -3.59. The number of allylic oxidation sites excluding steroid dienone is 1. The molecule has 0 aromatic heterocycles. The Morgan fingerprint density at radius 3 is 2.33 bits per heavy atom. The van der Waals surface area contributed by atoms with E-state index in [1.807, 2.05) is 6.92 Å². The van der Waals surface area contributed by atoms with Crippen LogP contribution >= 0.6 is 11.6 Å². The maximum atomic E-state index is 10.9. The van der Waals surface area contributed by atoms with Gasteiger partial charge < -0.3 is 0 Å². The van der Waals surface area contributed by atoms with Crippen molar-refractivity contribution in [2.45, 2.75) is 13.3 Å². The molecule has 0 atom stereocenters. The highest BCUT2D eigenvalue weighted by Gasteiger charge is 2.04. The number of nitrogens with two attached hydrogens (primary N) is 1. The molecule has 0 heterocycles. The van der Waals surface area contributed by atoms with Crippen molar-refractivity contribution in [2.75, 3.05) is 0 Å². The van der Waals surface area contributed by atoms with Crippen LogP contribution in [0.2, 0.25) is 5.02 Å². The van der Waals surface area contributed by atoms with Crippen LogP contribution < -0.4 is 5.14 Å². The van der Waals surface area contributed by atoms with Gasteiger partial charge in [-0.05, 0) is 29.7 Å². The fourth-order valence-corrected chi connectivity index (χ4v) is 2.04. The third-order valence-corrected chi connectivity index (χ3v) is 2.77. The van der Waals surface area contributed by atoms with Gasteiger partial charge in [0.1, 0.15) is 0 Å². The Morgan fingerprint density at radius 2 is 1.93 bits per heavy atom. The molecule has 0 aliphatic heterocycles. The van der Waals surface area contributed by atoms with E-state index in [0.29, 0.717) is 17.0 Å². The Bertz CT molecular complexity index is 463. The predicted molar refractivity (Wildman–Crippen MR) is 62.8 cm³/mol. The van der Waals surface area contributed by atoms with Crippen LogP contribution in [0, 0.1) is 0 Å². The quantitative estimate of drug-likeness (QED) is 0.889. The minimum Gasteiger partial charge on any atom is -0.225 e. The molecule has 15 heavy (non-hydrogen) atoms. The first-order valence-electron chi connectivity index (χ1n) is 4.41. The maximum Gasteiger partial charge on any atom is 0.231 e. The van der Waals surface area contributed by atoms with Gasteiger partial charge in [-0.1, -0.05) is 30.7 Å². The largest absolute Gasteiger partial charge is 0.231 e. The van der Waals surface area contributed by atoms with Crippen LogP contribution in [0.15, 0.2) is 29.7 Å². The van der Waals surface area contributed by atoms with Crippen molar-refractivity contribution in [1.82, 2.24) is 0 Å². The van der Waals surface area contributed by atoms with Gasteiger partial charge in [0.2, 0.25) is 10.0 Å². The van der Waals surface area contributed by atoms with Gasteiger partial charge in [0.25, 0.3) is 0 Å². The van der Waals surface area contributed by atoms with Gasteiger partial charge in [0.05, 0.1) is 0 Å². The van der Waals surface area contributed by atoms with E-state index in [2.05, 4.69) is 0 Å². The summed E-state index contributed by atoms with van der Waals surface area (Å²) in [6.07, 6.45) is 0.595. The number of hydrogen-bond donors (Lipinski definition) is 1. The lowest BCUT2D eigenvalue weighted by atomic mass is 10.1. The summed E-state index contributed by atoms with van der Waals surface area (Å²) in [6.45, 7) is 1.87. The molecule has 0 spiro atoms. The first-order valence-corrected chi connectivity index (χ1v) is 6.40. The normalized spacial score (nSPS) is 12.9. The van der Waals surface area contributed by atoms with E-state index in [4.69, 9.17) is 16.7 Å². The average Bonchev–Trinajstić information content (AvgIpc) is 2.14. The second-order valence-electron chi connectivity index (χ2n) is 3.09. The summed E-state index contributed by atoms with van der Waals surface area (Å²) in [5.74, 6) is 0. The second kappa shape index (κ2) is 4.79. The van der Waals surface area contributed by atoms with Crippen LogP contribution in [0.5, 0.6) is 0 Å². The van der Waals surface area contributed by atoms with Gasteiger partial charge in [0.15, 0.2) is 0 Å². The molecule has 5 heteroatoms. The molecule has 0 amide bonds. The third kappa shape index (κ3) is 4.03. The standard InChI is InChI=1S/C10H12ClNO2S/c1-2-8(7-15(12,13)14)9-3-5-10(11)6-4-9/h3-7H,2H2,1H3,(H2,12,13,14)/b8-7-. The minimum atomic E-state index is -3.59. The zero-order valence-corrected chi connectivity index (χ0v) is 9.85. The molecule has 0 aliphatic carbocycles. The molecule has 1 aromatic carbocycles. The van der Waals surface area contributed by atoms with Crippen molar-refractivity contribution in [3.8, 4) is 0 Å². The molecular formula is C10H12ClNO2S. The number of primary sulfonamides is 1. The number of halogens is 1. The smallest absolute Gasteiger partial charge is 0.225 e. The zero-order chi connectivity index (χ0) is 11.5. The van der Waals surface area contributed by atoms with E-state index in [1.54, 1.807) is 24.3 Å². The van der Waals surface area contributed by atoms with Crippen molar-refractivity contribution in [3.63, 3.8) is 0 Å². The molecule has 0 fully saturated rings. The highest BCUT2D eigenvalue weighted by atomic mass is 35.5. The molecule has 0 aliphatic rings.